The summed E-state index contributed by atoms with van der Waals surface area (Å²) in [6.45, 7) is 8.99. The molecule has 2 fully saturated rings. The average Bonchev–Trinajstić information content (AvgIpc) is 3.09. The van der Waals surface area contributed by atoms with Gasteiger partial charge in [0, 0.05) is 13.1 Å². The van der Waals surface area contributed by atoms with Crippen molar-refractivity contribution in [2.45, 2.75) is 59.0 Å². The van der Waals surface area contributed by atoms with Crippen LogP contribution in [0, 0.1) is 18.3 Å². The predicted octanol–water partition coefficient (Wildman–Crippen LogP) is 2.60. The molecule has 1 aromatic heterocycles. The Hall–Kier alpha value is -2.90. The second-order valence-corrected chi connectivity index (χ2v) is 9.91. The van der Waals surface area contributed by atoms with E-state index in [1.54, 1.807) is 0 Å². The molecule has 1 aliphatic carbocycles. The van der Waals surface area contributed by atoms with Crippen LogP contribution in [0.3, 0.4) is 0 Å². The van der Waals surface area contributed by atoms with Crippen LogP contribution in [0.25, 0.3) is 11.0 Å². The zero-order valence-electron chi connectivity index (χ0n) is 18.7. The van der Waals surface area contributed by atoms with Crippen molar-refractivity contribution >= 4 is 28.9 Å². The number of carbonyl (C=O) groups excluding carboxylic acids is 3. The van der Waals surface area contributed by atoms with Gasteiger partial charge in [0.15, 0.2) is 0 Å². The average molecular weight is 426 g/mol. The number of hydrogen-bond acceptors (Lipinski definition) is 4. The number of aryl methyl sites for hydroxylation is 1. The fourth-order valence-corrected chi connectivity index (χ4v) is 5.63. The van der Waals surface area contributed by atoms with E-state index in [-0.39, 0.29) is 23.8 Å². The maximum Gasteiger partial charge on any atom is 0.325 e. The molecule has 0 radical (unpaired) electrons. The first-order valence-electron chi connectivity index (χ1n) is 10.9. The first-order chi connectivity index (χ1) is 14.6. The van der Waals surface area contributed by atoms with Crippen molar-refractivity contribution in [2.75, 3.05) is 13.1 Å². The minimum atomic E-state index is -0.884. The highest BCUT2D eigenvalue weighted by atomic mass is 16.2. The van der Waals surface area contributed by atoms with Crippen LogP contribution < -0.4 is 10.6 Å². The van der Waals surface area contributed by atoms with Gasteiger partial charge in [0.2, 0.25) is 5.91 Å². The number of para-hydroxylation sites is 2. The molecular formula is C23H31N5O3. The zero-order chi connectivity index (χ0) is 22.4. The number of nitrogens with zero attached hydrogens (tertiary/aromatic N) is 3. The Balaban J connectivity index is 1.37. The van der Waals surface area contributed by atoms with Crippen molar-refractivity contribution in [2.24, 2.45) is 11.3 Å². The van der Waals surface area contributed by atoms with E-state index in [4.69, 9.17) is 0 Å². The number of rotatable bonds is 5. The number of urea groups is 1. The molecular weight excluding hydrogens is 394 g/mol. The molecule has 0 unspecified atom stereocenters. The van der Waals surface area contributed by atoms with E-state index in [0.717, 1.165) is 28.2 Å². The highest BCUT2D eigenvalue weighted by molar-refractivity contribution is 6.09. The van der Waals surface area contributed by atoms with Gasteiger partial charge in [-0.3, -0.25) is 14.5 Å². The van der Waals surface area contributed by atoms with Crippen LogP contribution >= 0.6 is 0 Å². The summed E-state index contributed by atoms with van der Waals surface area (Å²) in [7, 11) is 0. The van der Waals surface area contributed by atoms with E-state index in [1.165, 1.54) is 0 Å². The van der Waals surface area contributed by atoms with Gasteiger partial charge in [0.05, 0.1) is 11.0 Å². The molecule has 2 N–H and O–H groups in total. The molecule has 166 valence electrons. The fraction of sp³-hybridized carbons (Fsp3) is 0.565. The van der Waals surface area contributed by atoms with Crippen molar-refractivity contribution in [1.29, 1.82) is 0 Å². The smallest absolute Gasteiger partial charge is 0.325 e. The van der Waals surface area contributed by atoms with Gasteiger partial charge < -0.3 is 15.2 Å². The van der Waals surface area contributed by atoms with E-state index < -0.39 is 11.6 Å². The number of benzene rings is 1. The van der Waals surface area contributed by atoms with Crippen LogP contribution in [0.15, 0.2) is 24.3 Å². The number of amides is 4. The maximum absolute atomic E-state index is 13.2. The lowest BCUT2D eigenvalue weighted by Gasteiger charge is -2.43. The van der Waals surface area contributed by atoms with Crippen LogP contribution in [0.1, 0.15) is 45.9 Å². The van der Waals surface area contributed by atoms with Gasteiger partial charge in [-0.2, -0.15) is 0 Å². The van der Waals surface area contributed by atoms with Gasteiger partial charge in [0.1, 0.15) is 17.9 Å². The number of fused-ring (bicyclic) bond motifs is 1. The van der Waals surface area contributed by atoms with E-state index in [0.29, 0.717) is 31.8 Å². The van der Waals surface area contributed by atoms with Crippen molar-refractivity contribution in [3.05, 3.63) is 30.1 Å². The van der Waals surface area contributed by atoms with E-state index in [2.05, 4.69) is 36.4 Å². The van der Waals surface area contributed by atoms with Gasteiger partial charge in [-0.05, 0) is 49.7 Å². The first kappa shape index (κ1) is 21.3. The van der Waals surface area contributed by atoms with Crippen LogP contribution in [0.5, 0.6) is 0 Å². The Morgan fingerprint density at radius 2 is 2.00 bits per heavy atom. The lowest BCUT2D eigenvalue weighted by Crippen LogP contribution is -2.54. The summed E-state index contributed by atoms with van der Waals surface area (Å²) in [5.74, 6) is 0.588. The monoisotopic (exact) mass is 425 g/mol. The van der Waals surface area contributed by atoms with Gasteiger partial charge in [-0.1, -0.05) is 32.9 Å². The van der Waals surface area contributed by atoms with Crippen LogP contribution in [-0.2, 0) is 16.1 Å². The first-order valence-corrected chi connectivity index (χ1v) is 10.9. The van der Waals surface area contributed by atoms with Gasteiger partial charge in [-0.15, -0.1) is 0 Å². The molecule has 2 aromatic rings. The summed E-state index contributed by atoms with van der Waals surface area (Å²) in [5.41, 5.74) is 1.01. The largest absolute Gasteiger partial charge is 0.353 e. The topological polar surface area (TPSA) is 96.3 Å². The van der Waals surface area contributed by atoms with Gasteiger partial charge in [0.25, 0.3) is 5.91 Å². The molecule has 4 rings (SSSR count). The van der Waals surface area contributed by atoms with Gasteiger partial charge in [-0.25, -0.2) is 9.78 Å². The standard InChI is InChI=1S/C23H31N5O3/c1-15-11-22(3,4)14-23(12-15)20(30)28(21(31)26-23)13-19(29)24-9-10-27-16(2)25-17-7-5-6-8-18(17)27/h5-8,15H,9-14H2,1-4H3,(H,24,29)(H,26,31)/t15-,23-/m0/s1. The third-order valence-corrected chi connectivity index (χ3v) is 6.43. The number of imidazole rings is 1. The molecule has 1 saturated heterocycles. The van der Waals surface area contributed by atoms with Crippen LogP contribution in [0.2, 0.25) is 0 Å². The number of imide groups is 1. The molecule has 4 amide bonds. The van der Waals surface area contributed by atoms with Crippen molar-refractivity contribution < 1.29 is 14.4 Å². The van der Waals surface area contributed by atoms with Crippen LogP contribution in [-0.4, -0.2) is 50.9 Å². The Morgan fingerprint density at radius 3 is 2.74 bits per heavy atom. The molecule has 8 heteroatoms. The molecule has 0 bridgehead atoms. The van der Waals surface area contributed by atoms with E-state index in [9.17, 15) is 14.4 Å². The summed E-state index contributed by atoms with van der Waals surface area (Å²) < 4.78 is 2.05. The summed E-state index contributed by atoms with van der Waals surface area (Å²) in [4.78, 5) is 43.8. The highest BCUT2D eigenvalue weighted by Gasteiger charge is 2.56. The lowest BCUT2D eigenvalue weighted by molar-refractivity contribution is -0.137. The number of aromatic nitrogens is 2. The Morgan fingerprint density at radius 1 is 1.26 bits per heavy atom. The second kappa shape index (κ2) is 7.66. The van der Waals surface area contributed by atoms with E-state index in [1.807, 2.05) is 35.8 Å². The highest BCUT2D eigenvalue weighted by Crippen LogP contribution is 2.46. The molecule has 1 aromatic carbocycles. The van der Waals surface area contributed by atoms with Crippen molar-refractivity contribution in [3.63, 3.8) is 0 Å². The molecule has 2 aliphatic rings. The minimum absolute atomic E-state index is 0.0374. The maximum atomic E-state index is 13.2. The van der Waals surface area contributed by atoms with Crippen molar-refractivity contribution in [3.8, 4) is 0 Å². The summed E-state index contributed by atoms with van der Waals surface area (Å²) in [6, 6.07) is 7.38. The molecule has 8 nitrogen and oxygen atoms in total. The lowest BCUT2D eigenvalue weighted by atomic mass is 9.64. The molecule has 2 atom stereocenters. The fourth-order valence-electron chi connectivity index (χ4n) is 5.63. The minimum Gasteiger partial charge on any atom is -0.353 e. The second-order valence-electron chi connectivity index (χ2n) is 9.91. The quantitative estimate of drug-likeness (QED) is 0.720. The third-order valence-electron chi connectivity index (χ3n) is 6.43. The molecule has 2 heterocycles. The molecule has 31 heavy (non-hydrogen) atoms. The number of hydrogen-bond donors (Lipinski definition) is 2. The molecule has 1 spiro atoms. The van der Waals surface area contributed by atoms with Crippen LogP contribution in [0.4, 0.5) is 4.79 Å². The number of carbonyl (C=O) groups is 3. The summed E-state index contributed by atoms with van der Waals surface area (Å²) >= 11 is 0. The SMILES string of the molecule is Cc1nc2ccccc2n1CCNC(=O)CN1C(=O)N[C@]2(C[C@@H](C)CC(C)(C)C2)C1=O. The Labute approximate surface area is 182 Å². The molecule has 1 aliphatic heterocycles. The molecule has 1 saturated carbocycles. The zero-order valence-corrected chi connectivity index (χ0v) is 18.7. The summed E-state index contributed by atoms with van der Waals surface area (Å²) in [5, 5.41) is 5.75. The summed E-state index contributed by atoms with van der Waals surface area (Å²) in [6.07, 6.45) is 2.23. The van der Waals surface area contributed by atoms with Gasteiger partial charge >= 0.3 is 6.03 Å². The Bertz CT molecular complexity index is 1040. The van der Waals surface area contributed by atoms with E-state index >= 15 is 0 Å². The number of nitrogens with one attached hydrogen (secondary N) is 2. The third kappa shape index (κ3) is 4.03. The van der Waals surface area contributed by atoms with Crippen molar-refractivity contribution in [1.82, 2.24) is 25.1 Å². The predicted molar refractivity (Wildman–Crippen MR) is 117 cm³/mol. The Kier molecular flexibility index (Phi) is 5.27. The normalized spacial score (nSPS) is 25.3.